The van der Waals surface area contributed by atoms with Crippen LogP contribution in [0.4, 0.5) is 4.39 Å². The number of aryl methyl sites for hydroxylation is 1. The summed E-state index contributed by atoms with van der Waals surface area (Å²) in [4.78, 5) is 0. The predicted molar refractivity (Wildman–Crippen MR) is 60.9 cm³/mol. The Kier molecular flexibility index (Phi) is 2.11. The molecule has 3 rings (SSSR count). The average molecular weight is 228 g/mol. The Morgan fingerprint density at radius 1 is 1.24 bits per heavy atom. The molecular weight excluding hydrogens is 219 g/mol. The van der Waals surface area contributed by atoms with Gasteiger partial charge in [0.1, 0.15) is 12.1 Å². The summed E-state index contributed by atoms with van der Waals surface area (Å²) in [6, 6.07) is 8.25. The van der Waals surface area contributed by atoms with E-state index in [1.54, 1.807) is 10.6 Å². The Morgan fingerprint density at radius 2 is 2.12 bits per heavy atom. The molecule has 0 atom stereocenters. The van der Waals surface area contributed by atoms with Crippen LogP contribution in [0.1, 0.15) is 5.56 Å². The monoisotopic (exact) mass is 228 g/mol. The number of halogens is 1. The van der Waals surface area contributed by atoms with Gasteiger partial charge in [-0.25, -0.2) is 4.39 Å². The summed E-state index contributed by atoms with van der Waals surface area (Å²) in [5.41, 5.74) is 3.11. The zero-order valence-corrected chi connectivity index (χ0v) is 9.13. The minimum absolute atomic E-state index is 0.271. The molecule has 0 N–H and O–H groups in total. The van der Waals surface area contributed by atoms with Gasteiger partial charge in [-0.2, -0.15) is 9.61 Å². The van der Waals surface area contributed by atoms with Crippen LogP contribution in [-0.4, -0.2) is 19.8 Å². The van der Waals surface area contributed by atoms with Gasteiger partial charge in [0.2, 0.25) is 0 Å². The molecule has 17 heavy (non-hydrogen) atoms. The maximum atomic E-state index is 13.2. The lowest BCUT2D eigenvalue weighted by Gasteiger charge is -2.05. The Hall–Kier alpha value is -2.30. The van der Waals surface area contributed by atoms with Crippen molar-refractivity contribution in [3.63, 3.8) is 0 Å². The zero-order valence-electron chi connectivity index (χ0n) is 9.13. The largest absolute Gasteiger partial charge is 0.207 e. The molecule has 0 amide bonds. The van der Waals surface area contributed by atoms with Gasteiger partial charge < -0.3 is 0 Å². The molecule has 0 radical (unpaired) electrons. The first-order valence-corrected chi connectivity index (χ1v) is 5.17. The highest BCUT2D eigenvalue weighted by Gasteiger charge is 2.07. The number of aromatic nitrogens is 4. The molecule has 3 aromatic rings. The summed E-state index contributed by atoms with van der Waals surface area (Å²) in [5.74, 6) is -0.271. The molecule has 0 aliphatic heterocycles. The first kappa shape index (κ1) is 9.89. The fourth-order valence-electron chi connectivity index (χ4n) is 1.78. The Balaban J connectivity index is 2.25. The van der Waals surface area contributed by atoms with E-state index in [-0.39, 0.29) is 5.82 Å². The highest BCUT2D eigenvalue weighted by atomic mass is 19.1. The van der Waals surface area contributed by atoms with Crippen LogP contribution >= 0.6 is 0 Å². The maximum absolute atomic E-state index is 13.2. The van der Waals surface area contributed by atoms with Crippen molar-refractivity contribution in [1.82, 2.24) is 19.8 Å². The number of rotatable bonds is 1. The molecule has 0 bridgehead atoms. The normalized spacial score (nSPS) is 10.9. The lowest BCUT2D eigenvalue weighted by Crippen LogP contribution is -1.97. The van der Waals surface area contributed by atoms with Crippen molar-refractivity contribution in [2.45, 2.75) is 6.92 Å². The van der Waals surface area contributed by atoms with E-state index in [1.807, 2.05) is 19.1 Å². The number of hydrogen-bond acceptors (Lipinski definition) is 3. The van der Waals surface area contributed by atoms with E-state index in [9.17, 15) is 4.39 Å². The second-order valence-electron chi connectivity index (χ2n) is 3.82. The number of hydrogen-bond donors (Lipinski definition) is 0. The van der Waals surface area contributed by atoms with Crippen LogP contribution in [0, 0.1) is 12.7 Å². The predicted octanol–water partition coefficient (Wildman–Crippen LogP) is 2.24. The molecule has 0 fully saturated rings. The van der Waals surface area contributed by atoms with Crippen molar-refractivity contribution in [3.8, 4) is 11.3 Å². The van der Waals surface area contributed by atoms with Gasteiger partial charge in [-0.05, 0) is 30.7 Å². The number of benzene rings is 1. The van der Waals surface area contributed by atoms with Crippen molar-refractivity contribution in [2.24, 2.45) is 0 Å². The van der Waals surface area contributed by atoms with Crippen LogP contribution in [0.25, 0.3) is 16.9 Å². The van der Waals surface area contributed by atoms with Crippen molar-refractivity contribution in [2.75, 3.05) is 0 Å². The van der Waals surface area contributed by atoms with Crippen LogP contribution in [0.5, 0.6) is 0 Å². The third-order valence-corrected chi connectivity index (χ3v) is 2.58. The lowest BCUT2D eigenvalue weighted by molar-refractivity contribution is 0.628. The van der Waals surface area contributed by atoms with E-state index in [2.05, 4.69) is 15.3 Å². The fraction of sp³-hybridized carbons (Fsp3) is 0.0833. The van der Waals surface area contributed by atoms with E-state index in [1.165, 1.54) is 18.5 Å². The molecule has 0 saturated heterocycles. The van der Waals surface area contributed by atoms with Gasteiger partial charge in [-0.1, -0.05) is 12.1 Å². The standard InChI is InChI=1S/C12H9FN4/c1-8-5-11-15-14-7-17(11)16-12(8)9-3-2-4-10(13)6-9/h2-7H,1H3. The average Bonchev–Trinajstić information content (AvgIpc) is 2.75. The maximum Gasteiger partial charge on any atom is 0.177 e. The van der Waals surface area contributed by atoms with E-state index in [0.717, 1.165) is 16.8 Å². The third kappa shape index (κ3) is 1.65. The van der Waals surface area contributed by atoms with Crippen molar-refractivity contribution >= 4 is 5.65 Å². The van der Waals surface area contributed by atoms with E-state index in [4.69, 9.17) is 0 Å². The molecule has 0 aliphatic rings. The molecule has 0 aliphatic carbocycles. The van der Waals surface area contributed by atoms with Crippen LogP contribution in [0.15, 0.2) is 36.7 Å². The summed E-state index contributed by atoms with van der Waals surface area (Å²) in [7, 11) is 0. The van der Waals surface area contributed by atoms with Gasteiger partial charge in [0.25, 0.3) is 0 Å². The molecule has 84 valence electrons. The van der Waals surface area contributed by atoms with Crippen LogP contribution in [0.2, 0.25) is 0 Å². The minimum Gasteiger partial charge on any atom is -0.207 e. The van der Waals surface area contributed by atoms with Crippen LogP contribution in [-0.2, 0) is 0 Å². The van der Waals surface area contributed by atoms with Crippen molar-refractivity contribution in [1.29, 1.82) is 0 Å². The van der Waals surface area contributed by atoms with E-state index < -0.39 is 0 Å². The van der Waals surface area contributed by atoms with E-state index in [0.29, 0.717) is 5.65 Å². The summed E-state index contributed by atoms with van der Waals surface area (Å²) in [6.45, 7) is 1.92. The summed E-state index contributed by atoms with van der Waals surface area (Å²) in [5, 5.41) is 12.1. The molecule has 0 saturated carbocycles. The SMILES string of the molecule is Cc1cc2nncn2nc1-c1cccc(F)c1. The third-order valence-electron chi connectivity index (χ3n) is 2.58. The topological polar surface area (TPSA) is 43.1 Å². The summed E-state index contributed by atoms with van der Waals surface area (Å²) >= 11 is 0. The van der Waals surface area contributed by atoms with Crippen LogP contribution in [0.3, 0.4) is 0 Å². The first-order chi connectivity index (χ1) is 8.24. The summed E-state index contributed by atoms with van der Waals surface area (Å²) in [6.07, 6.45) is 1.53. The first-order valence-electron chi connectivity index (χ1n) is 5.17. The Morgan fingerprint density at radius 3 is 2.94 bits per heavy atom. The van der Waals surface area contributed by atoms with Gasteiger partial charge in [0.05, 0.1) is 5.69 Å². The van der Waals surface area contributed by atoms with Crippen molar-refractivity contribution < 1.29 is 4.39 Å². The van der Waals surface area contributed by atoms with E-state index >= 15 is 0 Å². The number of fused-ring (bicyclic) bond motifs is 1. The van der Waals surface area contributed by atoms with Gasteiger partial charge in [-0.15, -0.1) is 10.2 Å². The Labute approximate surface area is 96.7 Å². The van der Waals surface area contributed by atoms with Crippen LogP contribution < -0.4 is 0 Å². The molecule has 2 heterocycles. The van der Waals surface area contributed by atoms with Crippen molar-refractivity contribution in [3.05, 3.63) is 48.0 Å². The molecule has 1 aromatic carbocycles. The van der Waals surface area contributed by atoms with Gasteiger partial charge in [0, 0.05) is 5.56 Å². The van der Waals surface area contributed by atoms with Gasteiger partial charge >= 0.3 is 0 Å². The molecule has 4 nitrogen and oxygen atoms in total. The minimum atomic E-state index is -0.271. The highest BCUT2D eigenvalue weighted by Crippen LogP contribution is 2.21. The zero-order chi connectivity index (χ0) is 11.8. The molecule has 0 spiro atoms. The number of nitrogens with zero attached hydrogens (tertiary/aromatic N) is 4. The quantitative estimate of drug-likeness (QED) is 0.641. The molecule has 0 unspecified atom stereocenters. The molecular formula is C12H9FN4. The lowest BCUT2D eigenvalue weighted by atomic mass is 10.1. The van der Waals surface area contributed by atoms with Gasteiger partial charge in [0.15, 0.2) is 5.65 Å². The second kappa shape index (κ2) is 3.62. The second-order valence-corrected chi connectivity index (χ2v) is 3.82. The summed E-state index contributed by atoms with van der Waals surface area (Å²) < 4.78 is 14.8. The molecule has 5 heteroatoms. The highest BCUT2D eigenvalue weighted by molar-refractivity contribution is 5.64. The van der Waals surface area contributed by atoms with Gasteiger partial charge in [-0.3, -0.25) is 0 Å². The Bertz CT molecular complexity index is 690. The fourth-order valence-corrected chi connectivity index (χ4v) is 1.78. The molecule has 2 aromatic heterocycles. The smallest absolute Gasteiger partial charge is 0.177 e.